The van der Waals surface area contributed by atoms with Gasteiger partial charge in [0.1, 0.15) is 5.82 Å². The van der Waals surface area contributed by atoms with E-state index in [4.69, 9.17) is 4.74 Å². The first-order valence-electron chi connectivity index (χ1n) is 6.44. The second-order valence-electron chi connectivity index (χ2n) is 4.32. The van der Waals surface area contributed by atoms with E-state index in [-0.39, 0.29) is 5.69 Å². The first-order chi connectivity index (χ1) is 10.2. The van der Waals surface area contributed by atoms with Crippen molar-refractivity contribution >= 4 is 17.3 Å². The van der Waals surface area contributed by atoms with Gasteiger partial charge in [-0.2, -0.15) is 0 Å². The third kappa shape index (κ3) is 4.25. The Bertz CT molecular complexity index is 619. The number of hydrogen-bond acceptors (Lipinski definition) is 4. The molecule has 110 valence electrons. The number of ether oxygens (including phenoxy) is 1. The van der Waals surface area contributed by atoms with Crippen molar-refractivity contribution in [2.45, 2.75) is 0 Å². The minimum Gasteiger partial charge on any atom is -0.383 e. The van der Waals surface area contributed by atoms with Crippen LogP contribution in [0.1, 0.15) is 10.4 Å². The number of amides is 1. The molecular formula is C15H16FN3O2. The zero-order valence-electron chi connectivity index (χ0n) is 11.6. The summed E-state index contributed by atoms with van der Waals surface area (Å²) in [6, 6.07) is 7.66. The largest absolute Gasteiger partial charge is 0.383 e. The van der Waals surface area contributed by atoms with Gasteiger partial charge in [0.25, 0.3) is 5.91 Å². The molecule has 0 radical (unpaired) electrons. The van der Waals surface area contributed by atoms with Crippen LogP contribution in [0.25, 0.3) is 0 Å². The molecule has 0 bridgehead atoms. The van der Waals surface area contributed by atoms with Crippen molar-refractivity contribution in [1.29, 1.82) is 0 Å². The smallest absolute Gasteiger partial charge is 0.257 e. The summed E-state index contributed by atoms with van der Waals surface area (Å²) in [6.07, 6.45) is 3.03. The summed E-state index contributed by atoms with van der Waals surface area (Å²) >= 11 is 0. The quantitative estimate of drug-likeness (QED) is 0.802. The molecule has 5 nitrogen and oxygen atoms in total. The van der Waals surface area contributed by atoms with Crippen LogP contribution in [0, 0.1) is 5.82 Å². The molecule has 0 aliphatic rings. The predicted molar refractivity (Wildman–Crippen MR) is 79.0 cm³/mol. The Kier molecular flexibility index (Phi) is 5.22. The molecule has 0 fully saturated rings. The number of pyridine rings is 1. The summed E-state index contributed by atoms with van der Waals surface area (Å²) in [5.41, 5.74) is 1.19. The third-order valence-electron chi connectivity index (χ3n) is 2.76. The first kappa shape index (κ1) is 14.9. The van der Waals surface area contributed by atoms with Crippen LogP contribution >= 0.6 is 0 Å². The SMILES string of the molecule is COCCNc1cncc(C(=O)Nc2ccccc2F)c1. The number of halogens is 1. The average Bonchev–Trinajstić information content (AvgIpc) is 2.50. The molecule has 1 heterocycles. The molecule has 1 aromatic carbocycles. The topological polar surface area (TPSA) is 63.2 Å². The zero-order chi connectivity index (χ0) is 15.1. The molecule has 21 heavy (non-hydrogen) atoms. The van der Waals surface area contributed by atoms with E-state index in [1.807, 2.05) is 0 Å². The van der Waals surface area contributed by atoms with Crippen molar-refractivity contribution in [3.8, 4) is 0 Å². The van der Waals surface area contributed by atoms with Gasteiger partial charge in [-0.25, -0.2) is 4.39 Å². The Morgan fingerprint density at radius 3 is 2.90 bits per heavy atom. The molecule has 0 spiro atoms. The molecule has 0 aliphatic carbocycles. The van der Waals surface area contributed by atoms with Gasteiger partial charge in [0.2, 0.25) is 0 Å². The van der Waals surface area contributed by atoms with Crippen molar-refractivity contribution in [3.05, 3.63) is 54.1 Å². The number of nitrogens with zero attached hydrogens (tertiary/aromatic N) is 1. The van der Waals surface area contributed by atoms with Crippen LogP contribution in [0.2, 0.25) is 0 Å². The highest BCUT2D eigenvalue weighted by Crippen LogP contribution is 2.15. The van der Waals surface area contributed by atoms with Gasteiger partial charge in [0.15, 0.2) is 0 Å². The van der Waals surface area contributed by atoms with Gasteiger partial charge >= 0.3 is 0 Å². The van der Waals surface area contributed by atoms with E-state index in [9.17, 15) is 9.18 Å². The van der Waals surface area contributed by atoms with Crippen LogP contribution < -0.4 is 10.6 Å². The Labute approximate surface area is 122 Å². The number of rotatable bonds is 6. The normalized spacial score (nSPS) is 10.2. The molecular weight excluding hydrogens is 273 g/mol. The highest BCUT2D eigenvalue weighted by molar-refractivity contribution is 6.04. The Morgan fingerprint density at radius 2 is 2.14 bits per heavy atom. The molecule has 0 unspecified atom stereocenters. The molecule has 6 heteroatoms. The van der Waals surface area contributed by atoms with Crippen molar-refractivity contribution in [1.82, 2.24) is 4.98 Å². The second kappa shape index (κ2) is 7.35. The van der Waals surface area contributed by atoms with Gasteiger partial charge < -0.3 is 15.4 Å². The highest BCUT2D eigenvalue weighted by atomic mass is 19.1. The van der Waals surface area contributed by atoms with Crippen molar-refractivity contribution in [3.63, 3.8) is 0 Å². The number of carbonyl (C=O) groups is 1. The number of methoxy groups -OCH3 is 1. The molecule has 2 rings (SSSR count). The van der Waals surface area contributed by atoms with E-state index in [2.05, 4.69) is 15.6 Å². The minimum absolute atomic E-state index is 0.139. The Morgan fingerprint density at radius 1 is 1.33 bits per heavy atom. The van der Waals surface area contributed by atoms with Gasteiger partial charge in [-0.05, 0) is 18.2 Å². The van der Waals surface area contributed by atoms with Crippen LogP contribution in [-0.4, -0.2) is 31.2 Å². The highest BCUT2D eigenvalue weighted by Gasteiger charge is 2.09. The number of anilines is 2. The zero-order valence-corrected chi connectivity index (χ0v) is 11.6. The van der Waals surface area contributed by atoms with E-state index < -0.39 is 11.7 Å². The number of benzene rings is 1. The van der Waals surface area contributed by atoms with E-state index >= 15 is 0 Å². The van der Waals surface area contributed by atoms with Gasteiger partial charge in [-0.3, -0.25) is 9.78 Å². The van der Waals surface area contributed by atoms with Crippen LogP contribution in [0.4, 0.5) is 15.8 Å². The number of para-hydroxylation sites is 1. The summed E-state index contributed by atoms with van der Waals surface area (Å²) < 4.78 is 18.4. The van der Waals surface area contributed by atoms with Gasteiger partial charge in [-0.1, -0.05) is 12.1 Å². The van der Waals surface area contributed by atoms with Crippen LogP contribution in [0.5, 0.6) is 0 Å². The van der Waals surface area contributed by atoms with Crippen molar-refractivity contribution in [2.24, 2.45) is 0 Å². The lowest BCUT2D eigenvalue weighted by Crippen LogP contribution is -2.14. The third-order valence-corrected chi connectivity index (χ3v) is 2.76. The summed E-state index contributed by atoms with van der Waals surface area (Å²) in [7, 11) is 1.61. The molecule has 0 atom stereocenters. The maximum Gasteiger partial charge on any atom is 0.257 e. The number of hydrogen-bond donors (Lipinski definition) is 2. The Balaban J connectivity index is 2.05. The average molecular weight is 289 g/mol. The molecule has 1 aromatic heterocycles. The van der Waals surface area contributed by atoms with E-state index in [1.54, 1.807) is 31.5 Å². The van der Waals surface area contributed by atoms with Gasteiger partial charge in [0.05, 0.1) is 23.5 Å². The van der Waals surface area contributed by atoms with E-state index in [0.717, 1.165) is 0 Å². The van der Waals surface area contributed by atoms with Crippen molar-refractivity contribution < 1.29 is 13.9 Å². The number of carbonyl (C=O) groups excluding carboxylic acids is 1. The fourth-order valence-electron chi connectivity index (χ4n) is 1.72. The van der Waals surface area contributed by atoms with E-state index in [0.29, 0.717) is 24.4 Å². The van der Waals surface area contributed by atoms with Crippen LogP contribution in [-0.2, 0) is 4.74 Å². The summed E-state index contributed by atoms with van der Waals surface area (Å²) in [6.45, 7) is 1.15. The maximum atomic E-state index is 13.5. The molecule has 0 saturated carbocycles. The van der Waals surface area contributed by atoms with Crippen molar-refractivity contribution in [2.75, 3.05) is 30.9 Å². The van der Waals surface area contributed by atoms with Gasteiger partial charge in [-0.15, -0.1) is 0 Å². The number of nitrogens with one attached hydrogen (secondary N) is 2. The minimum atomic E-state index is -0.479. The summed E-state index contributed by atoms with van der Waals surface area (Å²) in [4.78, 5) is 16.1. The molecule has 2 aromatic rings. The van der Waals surface area contributed by atoms with Crippen LogP contribution in [0.15, 0.2) is 42.7 Å². The second-order valence-corrected chi connectivity index (χ2v) is 4.32. The molecule has 1 amide bonds. The molecule has 0 saturated heterocycles. The molecule has 2 N–H and O–H groups in total. The number of aromatic nitrogens is 1. The van der Waals surface area contributed by atoms with Crippen LogP contribution in [0.3, 0.4) is 0 Å². The van der Waals surface area contributed by atoms with Gasteiger partial charge in [0, 0.05) is 26.0 Å². The lowest BCUT2D eigenvalue weighted by Gasteiger charge is -2.08. The Hall–Kier alpha value is -2.47. The lowest BCUT2D eigenvalue weighted by atomic mass is 10.2. The fraction of sp³-hybridized carbons (Fsp3) is 0.200. The fourth-order valence-corrected chi connectivity index (χ4v) is 1.72. The standard InChI is InChI=1S/C15H16FN3O2/c1-21-7-6-18-12-8-11(9-17-10-12)15(20)19-14-5-3-2-4-13(14)16/h2-5,8-10,18H,6-7H2,1H3,(H,19,20). The predicted octanol–water partition coefficient (Wildman–Crippen LogP) is 2.53. The summed E-state index contributed by atoms with van der Waals surface area (Å²) in [5, 5.41) is 5.59. The first-order valence-corrected chi connectivity index (χ1v) is 6.44. The van der Waals surface area contributed by atoms with E-state index in [1.165, 1.54) is 18.3 Å². The molecule has 0 aliphatic heterocycles. The maximum absolute atomic E-state index is 13.5. The lowest BCUT2D eigenvalue weighted by molar-refractivity contribution is 0.102. The summed E-state index contributed by atoms with van der Waals surface area (Å²) in [5.74, 6) is -0.892. The monoisotopic (exact) mass is 289 g/mol.